The molecule has 0 aromatic rings. The Bertz CT molecular complexity index is 405. The first-order valence-electron chi connectivity index (χ1n) is 7.22. The average Bonchev–Trinajstić information content (AvgIpc) is 2.78. The molecule has 0 spiro atoms. The van der Waals surface area contributed by atoms with E-state index >= 15 is 0 Å². The third-order valence-electron chi connectivity index (χ3n) is 5.84. The predicted octanol–water partition coefficient (Wildman–Crippen LogP) is 1.35. The van der Waals surface area contributed by atoms with Gasteiger partial charge in [0, 0.05) is 12.5 Å². The molecule has 98 valence electrons. The first kappa shape index (κ1) is 10.8. The number of nitrogens with zero attached hydrogens (tertiary/aromatic N) is 1. The third-order valence-corrected chi connectivity index (χ3v) is 5.84. The lowest BCUT2D eigenvalue weighted by molar-refractivity contribution is -0.149. The van der Waals surface area contributed by atoms with Crippen molar-refractivity contribution in [3.63, 3.8) is 0 Å². The van der Waals surface area contributed by atoms with Gasteiger partial charge in [0.2, 0.25) is 5.91 Å². The van der Waals surface area contributed by atoms with E-state index in [2.05, 4.69) is 0 Å². The first-order valence-corrected chi connectivity index (χ1v) is 7.22. The summed E-state index contributed by atoms with van der Waals surface area (Å²) in [5, 5.41) is 9.16. The van der Waals surface area contributed by atoms with E-state index in [1.807, 2.05) is 0 Å². The Kier molecular flexibility index (Phi) is 2.10. The molecule has 1 aliphatic heterocycles. The molecule has 0 aromatic carbocycles. The van der Waals surface area contributed by atoms with Crippen LogP contribution < -0.4 is 0 Å². The van der Waals surface area contributed by atoms with Gasteiger partial charge in [-0.1, -0.05) is 0 Å². The Morgan fingerprint density at radius 3 is 2.33 bits per heavy atom. The average molecular weight is 249 g/mol. The normalized spacial score (nSPS) is 48.3. The fourth-order valence-electron chi connectivity index (χ4n) is 5.13. The van der Waals surface area contributed by atoms with E-state index in [9.17, 15) is 9.59 Å². The van der Waals surface area contributed by atoms with Gasteiger partial charge in [0.25, 0.3) is 0 Å². The Balaban J connectivity index is 1.50. The molecular formula is C14H19NO3. The van der Waals surface area contributed by atoms with Crippen LogP contribution in [0.15, 0.2) is 0 Å². The van der Waals surface area contributed by atoms with Crippen LogP contribution in [0.3, 0.4) is 0 Å². The van der Waals surface area contributed by atoms with E-state index in [0.29, 0.717) is 24.8 Å². The Morgan fingerprint density at radius 2 is 1.72 bits per heavy atom. The molecule has 4 fully saturated rings. The van der Waals surface area contributed by atoms with Gasteiger partial charge in [0.05, 0.1) is 0 Å². The van der Waals surface area contributed by atoms with Crippen LogP contribution in [-0.2, 0) is 9.59 Å². The molecule has 4 heteroatoms. The highest BCUT2D eigenvalue weighted by atomic mass is 16.4. The molecule has 1 amide bonds. The van der Waals surface area contributed by atoms with Crippen LogP contribution in [0.1, 0.15) is 32.1 Å². The zero-order valence-corrected chi connectivity index (χ0v) is 10.4. The van der Waals surface area contributed by atoms with E-state index in [4.69, 9.17) is 5.11 Å². The maximum absolute atomic E-state index is 12.5. The molecule has 4 rings (SSSR count). The highest BCUT2D eigenvalue weighted by Crippen LogP contribution is 2.69. The molecule has 0 radical (unpaired) electrons. The van der Waals surface area contributed by atoms with Crippen LogP contribution in [0.25, 0.3) is 0 Å². The number of carboxylic acids is 1. The number of fused-ring (bicyclic) bond motifs is 5. The largest absolute Gasteiger partial charge is 0.480 e. The Labute approximate surface area is 106 Å². The van der Waals surface area contributed by atoms with Crippen LogP contribution in [0.5, 0.6) is 0 Å². The molecule has 1 heterocycles. The smallest absolute Gasteiger partial charge is 0.326 e. The number of aliphatic carboxylic acids is 1. The summed E-state index contributed by atoms with van der Waals surface area (Å²) in [5.41, 5.74) is 0. The Morgan fingerprint density at radius 1 is 1.06 bits per heavy atom. The molecule has 5 unspecified atom stereocenters. The lowest BCUT2D eigenvalue weighted by Gasteiger charge is -2.23. The number of amides is 1. The quantitative estimate of drug-likeness (QED) is 0.803. The van der Waals surface area contributed by atoms with Crippen molar-refractivity contribution in [2.45, 2.75) is 38.1 Å². The number of rotatable bonds is 2. The Hall–Kier alpha value is -1.06. The summed E-state index contributed by atoms with van der Waals surface area (Å²) in [7, 11) is 0. The first-order chi connectivity index (χ1) is 8.68. The predicted molar refractivity (Wildman–Crippen MR) is 63.7 cm³/mol. The summed E-state index contributed by atoms with van der Waals surface area (Å²) in [6.07, 6.45) is 5.42. The maximum atomic E-state index is 12.5. The van der Waals surface area contributed by atoms with Gasteiger partial charge in [-0.15, -0.1) is 0 Å². The number of carbonyl (C=O) groups excluding carboxylic acids is 1. The van der Waals surface area contributed by atoms with E-state index in [-0.39, 0.29) is 11.8 Å². The van der Waals surface area contributed by atoms with Gasteiger partial charge >= 0.3 is 5.97 Å². The second kappa shape index (κ2) is 3.49. The monoisotopic (exact) mass is 249 g/mol. The van der Waals surface area contributed by atoms with Gasteiger partial charge in [-0.2, -0.15) is 0 Å². The molecule has 4 nitrogen and oxygen atoms in total. The zero-order valence-electron chi connectivity index (χ0n) is 10.4. The van der Waals surface area contributed by atoms with Gasteiger partial charge in [-0.05, 0) is 55.8 Å². The van der Waals surface area contributed by atoms with Gasteiger partial charge in [-0.25, -0.2) is 4.79 Å². The topological polar surface area (TPSA) is 57.6 Å². The summed E-state index contributed by atoms with van der Waals surface area (Å²) in [4.78, 5) is 25.3. The van der Waals surface area contributed by atoms with E-state index in [1.165, 1.54) is 19.3 Å². The van der Waals surface area contributed by atoms with Crippen molar-refractivity contribution in [2.24, 2.45) is 29.6 Å². The molecule has 1 saturated heterocycles. The SMILES string of the molecule is O=C(O)C1CCCN1C(=O)C1C2C3CCC(C3)C12. The number of likely N-dealkylation sites (tertiary alicyclic amines) is 1. The van der Waals surface area contributed by atoms with Crippen molar-refractivity contribution < 1.29 is 14.7 Å². The molecular weight excluding hydrogens is 230 g/mol. The molecule has 2 bridgehead atoms. The summed E-state index contributed by atoms with van der Waals surface area (Å²) in [5.74, 6) is 2.31. The minimum absolute atomic E-state index is 0.159. The number of carbonyl (C=O) groups is 2. The summed E-state index contributed by atoms with van der Waals surface area (Å²) in [6, 6.07) is -0.545. The van der Waals surface area contributed by atoms with E-state index in [1.54, 1.807) is 4.90 Å². The zero-order chi connectivity index (χ0) is 12.4. The minimum atomic E-state index is -0.824. The second-order valence-electron chi connectivity index (χ2n) is 6.54. The van der Waals surface area contributed by atoms with Gasteiger partial charge in [-0.3, -0.25) is 4.79 Å². The van der Waals surface area contributed by atoms with Crippen molar-refractivity contribution >= 4 is 11.9 Å². The van der Waals surface area contributed by atoms with Crippen LogP contribution in [0, 0.1) is 29.6 Å². The molecule has 5 atom stereocenters. The third kappa shape index (κ3) is 1.26. The fourth-order valence-corrected chi connectivity index (χ4v) is 5.13. The van der Waals surface area contributed by atoms with Gasteiger partial charge in [0.15, 0.2) is 0 Å². The molecule has 1 N–H and O–H groups in total. The van der Waals surface area contributed by atoms with Gasteiger partial charge in [0.1, 0.15) is 6.04 Å². The molecule has 4 aliphatic rings. The number of hydrogen-bond acceptors (Lipinski definition) is 2. The lowest BCUT2D eigenvalue weighted by Crippen LogP contribution is -2.42. The van der Waals surface area contributed by atoms with Crippen LogP contribution in [0.4, 0.5) is 0 Å². The van der Waals surface area contributed by atoms with Crippen molar-refractivity contribution in [1.29, 1.82) is 0 Å². The second-order valence-corrected chi connectivity index (χ2v) is 6.54. The van der Waals surface area contributed by atoms with Crippen molar-refractivity contribution in [2.75, 3.05) is 6.54 Å². The highest BCUT2D eigenvalue weighted by molar-refractivity contribution is 5.88. The van der Waals surface area contributed by atoms with Crippen molar-refractivity contribution in [3.05, 3.63) is 0 Å². The van der Waals surface area contributed by atoms with E-state index in [0.717, 1.165) is 18.3 Å². The highest BCUT2D eigenvalue weighted by Gasteiger charge is 2.68. The lowest BCUT2D eigenvalue weighted by atomic mass is 10.0. The van der Waals surface area contributed by atoms with Crippen LogP contribution in [0.2, 0.25) is 0 Å². The van der Waals surface area contributed by atoms with Gasteiger partial charge < -0.3 is 10.0 Å². The van der Waals surface area contributed by atoms with Crippen molar-refractivity contribution in [3.8, 4) is 0 Å². The molecule has 0 aromatic heterocycles. The molecule has 3 aliphatic carbocycles. The van der Waals surface area contributed by atoms with E-state index < -0.39 is 12.0 Å². The summed E-state index contributed by atoms with van der Waals surface area (Å²) in [6.45, 7) is 0.654. The molecule has 3 saturated carbocycles. The molecule has 18 heavy (non-hydrogen) atoms. The number of hydrogen-bond donors (Lipinski definition) is 1. The number of carboxylic acid groups (broad SMARTS) is 1. The van der Waals surface area contributed by atoms with Crippen molar-refractivity contribution in [1.82, 2.24) is 4.90 Å². The maximum Gasteiger partial charge on any atom is 0.326 e. The summed E-state index contributed by atoms with van der Waals surface area (Å²) >= 11 is 0. The fraction of sp³-hybridized carbons (Fsp3) is 0.857. The van der Waals surface area contributed by atoms with Crippen LogP contribution >= 0.6 is 0 Å². The minimum Gasteiger partial charge on any atom is -0.480 e. The summed E-state index contributed by atoms with van der Waals surface area (Å²) < 4.78 is 0. The standard InChI is InChI=1S/C14H19NO3/c16-13(15-5-1-2-9(15)14(17)18)12-10-7-3-4-8(6-7)11(10)12/h7-12H,1-6H2,(H,17,18). The van der Waals surface area contributed by atoms with Crippen LogP contribution in [-0.4, -0.2) is 34.5 Å².